The number of sulfonamides is 1. The van der Waals surface area contributed by atoms with E-state index < -0.39 is 15.9 Å². The Morgan fingerprint density at radius 1 is 1.00 bits per heavy atom. The van der Waals surface area contributed by atoms with Crippen LogP contribution in [0.4, 0.5) is 5.69 Å². The van der Waals surface area contributed by atoms with Gasteiger partial charge in [0.05, 0.1) is 16.2 Å². The van der Waals surface area contributed by atoms with E-state index in [0.717, 1.165) is 16.2 Å². The van der Waals surface area contributed by atoms with Gasteiger partial charge >= 0.3 is 0 Å². The van der Waals surface area contributed by atoms with E-state index >= 15 is 0 Å². The minimum absolute atomic E-state index is 0.0734. The molecule has 7 nitrogen and oxygen atoms in total. The second-order valence-electron chi connectivity index (χ2n) is 8.04. The molecule has 0 saturated carbocycles. The minimum Gasteiger partial charge on any atom is -0.366 e. The monoisotopic (exact) mass is 445 g/mol. The quantitative estimate of drug-likeness (QED) is 0.729. The number of likely N-dealkylation sites (tertiary alicyclic amines) is 1. The Hall–Kier alpha value is -2.49. The van der Waals surface area contributed by atoms with Gasteiger partial charge in [-0.15, -0.1) is 11.3 Å². The van der Waals surface area contributed by atoms with Crippen molar-refractivity contribution in [1.82, 2.24) is 4.90 Å². The molecule has 0 radical (unpaired) electrons. The summed E-state index contributed by atoms with van der Waals surface area (Å²) in [5.41, 5.74) is 1.16. The molecule has 0 spiro atoms. The largest absolute Gasteiger partial charge is 0.366 e. The Balaban J connectivity index is 1.77. The van der Waals surface area contributed by atoms with E-state index in [2.05, 4.69) is 13.8 Å². The molecule has 1 fully saturated rings. The number of primary sulfonamides is 1. The van der Waals surface area contributed by atoms with Gasteiger partial charge < -0.3 is 4.90 Å². The van der Waals surface area contributed by atoms with Crippen molar-refractivity contribution in [2.45, 2.75) is 25.2 Å². The molecule has 2 amide bonds. The van der Waals surface area contributed by atoms with Crippen LogP contribution in [0.15, 0.2) is 52.4 Å². The van der Waals surface area contributed by atoms with Crippen LogP contribution in [-0.4, -0.2) is 38.2 Å². The van der Waals surface area contributed by atoms with Crippen LogP contribution in [0.1, 0.15) is 25.1 Å². The molecule has 3 heterocycles. The molecular formula is C21H23N3O4S2. The molecule has 2 aromatic rings. The zero-order valence-corrected chi connectivity index (χ0v) is 18.4. The van der Waals surface area contributed by atoms with Crippen molar-refractivity contribution in [1.29, 1.82) is 0 Å². The number of carbonyl (C=O) groups excluding carboxylic acids is 2. The van der Waals surface area contributed by atoms with Crippen LogP contribution in [0.25, 0.3) is 5.57 Å². The zero-order chi connectivity index (χ0) is 21.6. The van der Waals surface area contributed by atoms with Crippen LogP contribution in [0.3, 0.4) is 0 Å². The average Bonchev–Trinajstić information content (AvgIpc) is 3.26. The van der Waals surface area contributed by atoms with E-state index in [1.165, 1.54) is 35.6 Å². The van der Waals surface area contributed by atoms with Crippen LogP contribution in [0, 0.1) is 11.8 Å². The van der Waals surface area contributed by atoms with Crippen molar-refractivity contribution in [3.8, 4) is 0 Å². The first-order chi connectivity index (χ1) is 14.2. The van der Waals surface area contributed by atoms with Gasteiger partial charge in [-0.3, -0.25) is 9.59 Å². The number of nitrogens with zero attached hydrogens (tertiary/aromatic N) is 2. The number of rotatable bonds is 4. The van der Waals surface area contributed by atoms with Gasteiger partial charge in [0, 0.05) is 18.0 Å². The second-order valence-corrected chi connectivity index (χ2v) is 10.5. The molecule has 30 heavy (non-hydrogen) atoms. The fourth-order valence-electron chi connectivity index (χ4n) is 4.32. The number of imide groups is 1. The number of anilines is 1. The molecule has 2 unspecified atom stereocenters. The molecule has 2 N–H and O–H groups in total. The van der Waals surface area contributed by atoms with Crippen LogP contribution >= 0.6 is 11.3 Å². The SMILES string of the molecule is CC1CC(C)CN(C2=C(c3cccs3)C(=O)N(c3ccc(S(N)(=O)=O)cc3)C2=O)C1. The Bertz CT molecular complexity index is 1110. The third-order valence-corrected chi connectivity index (χ3v) is 7.25. The van der Waals surface area contributed by atoms with Gasteiger partial charge in [0.2, 0.25) is 10.0 Å². The van der Waals surface area contributed by atoms with E-state index in [0.29, 0.717) is 41.9 Å². The molecule has 1 saturated heterocycles. The van der Waals surface area contributed by atoms with E-state index in [-0.39, 0.29) is 10.8 Å². The van der Waals surface area contributed by atoms with Crippen LogP contribution in [0.5, 0.6) is 0 Å². The molecule has 9 heteroatoms. The summed E-state index contributed by atoms with van der Waals surface area (Å²) in [7, 11) is -3.86. The molecule has 2 aliphatic rings. The molecule has 0 aliphatic carbocycles. The fourth-order valence-corrected chi connectivity index (χ4v) is 5.60. The average molecular weight is 446 g/mol. The topological polar surface area (TPSA) is 101 Å². The number of benzene rings is 1. The van der Waals surface area contributed by atoms with Crippen molar-refractivity contribution in [2.24, 2.45) is 17.0 Å². The third kappa shape index (κ3) is 3.68. The first-order valence-electron chi connectivity index (χ1n) is 9.71. The van der Waals surface area contributed by atoms with Crippen LogP contribution < -0.4 is 10.0 Å². The van der Waals surface area contributed by atoms with Crippen molar-refractivity contribution in [3.05, 3.63) is 52.4 Å². The number of piperidine rings is 1. The Morgan fingerprint density at radius 2 is 1.63 bits per heavy atom. The van der Waals surface area contributed by atoms with Crippen molar-refractivity contribution >= 4 is 44.4 Å². The second kappa shape index (κ2) is 7.64. The highest BCUT2D eigenvalue weighted by molar-refractivity contribution is 7.89. The summed E-state index contributed by atoms with van der Waals surface area (Å²) in [6.45, 7) is 5.73. The third-order valence-electron chi connectivity index (χ3n) is 5.44. The van der Waals surface area contributed by atoms with Gasteiger partial charge in [-0.2, -0.15) is 0 Å². The molecule has 2 aliphatic heterocycles. The molecule has 0 bridgehead atoms. The van der Waals surface area contributed by atoms with E-state index in [9.17, 15) is 18.0 Å². The number of hydrogen-bond donors (Lipinski definition) is 1. The first kappa shape index (κ1) is 20.8. The lowest BCUT2D eigenvalue weighted by Crippen LogP contribution is -2.42. The summed E-state index contributed by atoms with van der Waals surface area (Å²) in [6.07, 6.45) is 1.08. The molecule has 1 aromatic carbocycles. The maximum absolute atomic E-state index is 13.5. The predicted octanol–water partition coefficient (Wildman–Crippen LogP) is 2.66. The summed E-state index contributed by atoms with van der Waals surface area (Å²) < 4.78 is 23.1. The highest BCUT2D eigenvalue weighted by atomic mass is 32.2. The van der Waals surface area contributed by atoms with Gasteiger partial charge in [0.1, 0.15) is 5.70 Å². The highest BCUT2D eigenvalue weighted by Crippen LogP contribution is 2.38. The summed E-state index contributed by atoms with van der Waals surface area (Å²) >= 11 is 1.42. The standard InChI is InChI=1S/C21H23N3O4S2/c1-13-10-14(2)12-23(11-13)19-18(17-4-3-9-29-17)20(25)24(21(19)26)15-5-7-16(8-6-15)30(22,27)28/h3-9,13-14H,10-12H2,1-2H3,(H2,22,27,28). The van der Waals surface area contributed by atoms with Crippen molar-refractivity contribution in [3.63, 3.8) is 0 Å². The highest BCUT2D eigenvalue weighted by Gasteiger charge is 2.44. The fraction of sp³-hybridized carbons (Fsp3) is 0.333. The van der Waals surface area contributed by atoms with Gasteiger partial charge in [-0.1, -0.05) is 19.9 Å². The lowest BCUT2D eigenvalue weighted by Gasteiger charge is -2.37. The zero-order valence-electron chi connectivity index (χ0n) is 16.7. The van der Waals surface area contributed by atoms with Crippen LogP contribution in [0.2, 0.25) is 0 Å². The molecule has 1 aromatic heterocycles. The van der Waals surface area contributed by atoms with Crippen molar-refractivity contribution < 1.29 is 18.0 Å². The predicted molar refractivity (Wildman–Crippen MR) is 116 cm³/mol. The van der Waals surface area contributed by atoms with E-state index in [1.54, 1.807) is 0 Å². The molecule has 4 rings (SSSR count). The smallest absolute Gasteiger partial charge is 0.282 e. The summed E-state index contributed by atoms with van der Waals surface area (Å²) in [6, 6.07) is 9.18. The Kier molecular flexibility index (Phi) is 5.29. The number of hydrogen-bond acceptors (Lipinski definition) is 6. The summed E-state index contributed by atoms with van der Waals surface area (Å²) in [5.74, 6) is 0.0494. The number of amides is 2. The van der Waals surface area contributed by atoms with Crippen LogP contribution in [-0.2, 0) is 19.6 Å². The number of thiophene rings is 1. The maximum Gasteiger partial charge on any atom is 0.282 e. The molecular weight excluding hydrogens is 422 g/mol. The maximum atomic E-state index is 13.5. The lowest BCUT2D eigenvalue weighted by atomic mass is 9.91. The van der Waals surface area contributed by atoms with Gasteiger partial charge in [-0.25, -0.2) is 18.5 Å². The molecule has 158 valence electrons. The first-order valence-corrected chi connectivity index (χ1v) is 12.1. The summed E-state index contributed by atoms with van der Waals surface area (Å²) in [4.78, 5) is 30.7. The van der Waals surface area contributed by atoms with Gasteiger partial charge in [-0.05, 0) is 54.0 Å². The Labute approximate surface area is 179 Å². The van der Waals surface area contributed by atoms with E-state index in [4.69, 9.17) is 5.14 Å². The van der Waals surface area contributed by atoms with Gasteiger partial charge in [0.25, 0.3) is 11.8 Å². The molecule has 2 atom stereocenters. The van der Waals surface area contributed by atoms with Gasteiger partial charge in [0.15, 0.2) is 0 Å². The lowest BCUT2D eigenvalue weighted by molar-refractivity contribution is -0.120. The normalized spacial score (nSPS) is 22.9. The number of carbonyl (C=O) groups is 2. The van der Waals surface area contributed by atoms with Crippen molar-refractivity contribution in [2.75, 3.05) is 18.0 Å². The number of nitrogens with two attached hydrogens (primary N) is 1. The van der Waals surface area contributed by atoms with E-state index in [1.807, 2.05) is 22.4 Å². The summed E-state index contributed by atoms with van der Waals surface area (Å²) in [5, 5.41) is 7.04. The Morgan fingerprint density at radius 3 is 2.17 bits per heavy atom. The minimum atomic E-state index is -3.86.